The first-order valence-electron chi connectivity index (χ1n) is 5.51. The minimum atomic E-state index is -4.94. The van der Waals surface area contributed by atoms with Crippen molar-refractivity contribution >= 4 is 43.4 Å². The maximum atomic E-state index is 11.3. The van der Waals surface area contributed by atoms with Crippen LogP contribution < -0.4 is 37.7 Å². The van der Waals surface area contributed by atoms with Crippen molar-refractivity contribution in [3.05, 3.63) is 46.4 Å². The Hall–Kier alpha value is 0.0348. The van der Waals surface area contributed by atoms with Crippen molar-refractivity contribution in [2.45, 2.75) is 9.79 Å². The second kappa shape index (κ2) is 8.61. The molecular weight excluding hydrogens is 389 g/mol. The molecule has 0 amide bonds. The predicted molar refractivity (Wildman–Crippen MR) is 77.8 cm³/mol. The summed E-state index contributed by atoms with van der Waals surface area (Å²) in [5, 5.41) is -0.0580. The minimum absolute atomic E-state index is 0. The smallest absolute Gasteiger partial charge is 0.744 e. The van der Waals surface area contributed by atoms with E-state index in [4.69, 9.17) is 23.2 Å². The molecule has 0 radical (unpaired) electrons. The number of benzene rings is 2. The van der Waals surface area contributed by atoms with Gasteiger partial charge >= 0.3 is 37.7 Å². The first-order chi connectivity index (χ1) is 10.00. The van der Waals surface area contributed by atoms with Crippen molar-refractivity contribution in [1.29, 1.82) is 0 Å². The van der Waals surface area contributed by atoms with E-state index in [0.29, 0.717) is 0 Å². The summed E-state index contributed by atoms with van der Waals surface area (Å²) < 4.78 is 68.0. The molecule has 0 unspecified atom stereocenters. The minimum Gasteiger partial charge on any atom is -0.744 e. The average Bonchev–Trinajstić information content (AvgIpc) is 2.37. The van der Waals surface area contributed by atoms with Crippen LogP contribution in [0.1, 0.15) is 0 Å². The normalized spacial score (nSPS) is 11.3. The van der Waals surface area contributed by atoms with E-state index in [1.54, 1.807) is 0 Å². The third-order valence-electron chi connectivity index (χ3n) is 2.72. The molecule has 0 atom stereocenters. The number of hydrogen-bond donors (Lipinski definition) is 0. The summed E-state index contributed by atoms with van der Waals surface area (Å²) in [4.78, 5) is -1.46. The van der Waals surface area contributed by atoms with Crippen LogP contribution in [0.15, 0.2) is 46.2 Å². The van der Waals surface area contributed by atoms with E-state index in [2.05, 4.69) is 0 Å². The predicted octanol–water partition coefficient (Wildman–Crippen LogP) is -3.52. The van der Waals surface area contributed by atoms with Gasteiger partial charge in [-0.1, -0.05) is 35.3 Å². The molecule has 0 saturated carbocycles. The summed E-state index contributed by atoms with van der Waals surface area (Å²) in [5.41, 5.74) is -0.490. The van der Waals surface area contributed by atoms with E-state index in [-0.39, 0.29) is 58.9 Å². The fraction of sp³-hybridized carbons (Fsp3) is 0. The monoisotopic (exact) mass is 394 g/mol. The Balaban J connectivity index is 0.00000264. The van der Waals surface area contributed by atoms with Crippen molar-refractivity contribution in [2.24, 2.45) is 0 Å². The zero-order chi connectivity index (χ0) is 16.7. The molecule has 0 aliphatic carbocycles. The Labute approximate surface area is 173 Å². The first kappa shape index (κ1) is 24.0. The van der Waals surface area contributed by atoms with Crippen molar-refractivity contribution in [1.82, 2.24) is 0 Å². The standard InChI is InChI=1S/C12H8Cl2O6S2.2Li/c13-7-1-3-9(11(5-7)21(15,16)17)10-4-2-8(14)6-12(10)22(18,19)20;;/h1-6H,(H,15,16,17)(H,18,19,20);;/q;2*+1/p-2. The molecule has 0 heterocycles. The molecule has 118 valence electrons. The van der Waals surface area contributed by atoms with Gasteiger partial charge in [-0.05, 0) is 24.3 Å². The van der Waals surface area contributed by atoms with E-state index in [1.807, 2.05) is 0 Å². The number of halogens is 2. The van der Waals surface area contributed by atoms with Gasteiger partial charge in [0.2, 0.25) is 0 Å². The molecule has 0 bridgehead atoms. The largest absolute Gasteiger partial charge is 1.00 e. The number of rotatable bonds is 3. The van der Waals surface area contributed by atoms with Gasteiger partial charge in [-0.2, -0.15) is 0 Å². The molecule has 24 heavy (non-hydrogen) atoms. The van der Waals surface area contributed by atoms with Gasteiger partial charge in [0.25, 0.3) is 0 Å². The Morgan fingerprint density at radius 3 is 1.21 bits per heavy atom. The van der Waals surface area contributed by atoms with Gasteiger partial charge in [0, 0.05) is 21.2 Å². The fourth-order valence-corrected chi connectivity index (χ4v) is 3.76. The van der Waals surface area contributed by atoms with Crippen LogP contribution in [0.3, 0.4) is 0 Å². The molecule has 2 aromatic carbocycles. The summed E-state index contributed by atoms with van der Waals surface area (Å²) in [5.74, 6) is 0. The first-order valence-corrected chi connectivity index (χ1v) is 9.08. The van der Waals surface area contributed by atoms with Crippen LogP contribution in [-0.4, -0.2) is 25.9 Å². The van der Waals surface area contributed by atoms with Crippen LogP contribution in [0.4, 0.5) is 0 Å². The molecule has 0 spiro atoms. The molecule has 0 fully saturated rings. The van der Waals surface area contributed by atoms with E-state index in [0.717, 1.165) is 24.3 Å². The van der Waals surface area contributed by atoms with Gasteiger partial charge in [0.15, 0.2) is 0 Å². The van der Waals surface area contributed by atoms with Crippen molar-refractivity contribution in [3.63, 3.8) is 0 Å². The molecule has 0 aromatic heterocycles. The van der Waals surface area contributed by atoms with E-state index >= 15 is 0 Å². The third-order valence-corrected chi connectivity index (χ3v) is 4.94. The van der Waals surface area contributed by atoms with Crippen molar-refractivity contribution < 1.29 is 63.7 Å². The van der Waals surface area contributed by atoms with Gasteiger partial charge in [-0.15, -0.1) is 0 Å². The summed E-state index contributed by atoms with van der Waals surface area (Å²) in [6, 6.07) is 6.59. The van der Waals surface area contributed by atoms with Crippen LogP contribution in [-0.2, 0) is 20.2 Å². The second-order valence-corrected chi connectivity index (χ2v) is 7.76. The van der Waals surface area contributed by atoms with Crippen LogP contribution in [0.25, 0.3) is 11.1 Å². The molecule has 0 aliphatic heterocycles. The Kier molecular flexibility index (Phi) is 8.63. The fourth-order valence-electron chi connectivity index (χ4n) is 1.85. The van der Waals surface area contributed by atoms with Crippen LogP contribution in [0.5, 0.6) is 0 Å². The maximum absolute atomic E-state index is 11.3. The van der Waals surface area contributed by atoms with Gasteiger partial charge in [-0.25, -0.2) is 16.8 Å². The summed E-state index contributed by atoms with van der Waals surface area (Å²) in [6.45, 7) is 0. The third kappa shape index (κ3) is 5.52. The van der Waals surface area contributed by atoms with Crippen molar-refractivity contribution in [2.75, 3.05) is 0 Å². The molecule has 2 rings (SSSR count). The molecule has 0 N–H and O–H groups in total. The SMILES string of the molecule is O=S(=O)([O-])c1cc(Cl)ccc1-c1ccc(Cl)cc1S(=O)(=O)[O-].[Li+].[Li+]. The average molecular weight is 395 g/mol. The number of hydrogen-bond acceptors (Lipinski definition) is 6. The Morgan fingerprint density at radius 2 is 0.958 bits per heavy atom. The van der Waals surface area contributed by atoms with Crippen molar-refractivity contribution in [3.8, 4) is 11.1 Å². The Bertz CT molecular complexity index is 882. The van der Waals surface area contributed by atoms with Crippen LogP contribution >= 0.6 is 23.2 Å². The molecule has 2 aromatic rings. The summed E-state index contributed by atoms with van der Waals surface area (Å²) >= 11 is 11.3. The molecule has 6 nitrogen and oxygen atoms in total. The maximum Gasteiger partial charge on any atom is 1.00 e. The molecule has 12 heteroatoms. The quantitative estimate of drug-likeness (QED) is 0.393. The zero-order valence-electron chi connectivity index (χ0n) is 12.5. The van der Waals surface area contributed by atoms with Gasteiger partial charge < -0.3 is 9.11 Å². The topological polar surface area (TPSA) is 114 Å². The molecule has 0 aliphatic rings. The summed E-state index contributed by atoms with van der Waals surface area (Å²) in [6.07, 6.45) is 0. The Morgan fingerprint density at radius 1 is 0.667 bits per heavy atom. The van der Waals surface area contributed by atoms with Gasteiger partial charge in [0.05, 0.1) is 9.79 Å². The van der Waals surface area contributed by atoms with E-state index in [1.165, 1.54) is 12.1 Å². The molecule has 0 saturated heterocycles. The van der Waals surface area contributed by atoms with Crippen LogP contribution in [0, 0.1) is 0 Å². The van der Waals surface area contributed by atoms with E-state index in [9.17, 15) is 25.9 Å². The van der Waals surface area contributed by atoms with Crippen LogP contribution in [0.2, 0.25) is 10.0 Å². The van der Waals surface area contributed by atoms with Gasteiger partial charge in [-0.3, -0.25) is 0 Å². The van der Waals surface area contributed by atoms with E-state index < -0.39 is 30.0 Å². The summed E-state index contributed by atoms with van der Waals surface area (Å²) in [7, 11) is -9.88. The molecular formula is C12H6Cl2Li2O6S2. The second-order valence-electron chi connectivity index (χ2n) is 4.19. The van der Waals surface area contributed by atoms with Gasteiger partial charge in [0.1, 0.15) is 20.2 Å². The zero-order valence-corrected chi connectivity index (χ0v) is 15.6.